The van der Waals surface area contributed by atoms with Crippen molar-refractivity contribution in [2.75, 3.05) is 20.1 Å². The molecule has 0 amide bonds. The summed E-state index contributed by atoms with van der Waals surface area (Å²) in [4.78, 5) is 4.04. The molecule has 110 valence electrons. The summed E-state index contributed by atoms with van der Waals surface area (Å²) in [6.45, 7) is 5.67. The van der Waals surface area contributed by atoms with Crippen LogP contribution < -0.4 is 10.0 Å². The zero-order valence-electron chi connectivity index (χ0n) is 11.6. The molecular formula is C11H22N4O2S2. The van der Waals surface area contributed by atoms with Gasteiger partial charge in [-0.05, 0) is 13.0 Å². The standard InChI is InChI=1S/C11H22N4O2S2/c1-10(2)12-5-4-6-15(3)19(16,17)14-7-11-8-18-9-13-11/h8-10,12,14H,4-7H2,1-3H3. The summed E-state index contributed by atoms with van der Waals surface area (Å²) in [6.07, 6.45) is 0.784. The lowest BCUT2D eigenvalue weighted by molar-refractivity contribution is 0.438. The fraction of sp³-hybridized carbons (Fsp3) is 0.727. The van der Waals surface area contributed by atoms with E-state index < -0.39 is 10.2 Å². The van der Waals surface area contributed by atoms with Crippen LogP contribution in [0.2, 0.25) is 0 Å². The lowest BCUT2D eigenvalue weighted by atomic mass is 10.3. The third kappa shape index (κ3) is 6.44. The second kappa shape index (κ2) is 7.91. The van der Waals surface area contributed by atoms with Crippen molar-refractivity contribution in [3.05, 3.63) is 16.6 Å². The predicted octanol–water partition coefficient (Wildman–Crippen LogP) is 0.797. The number of hydrogen-bond acceptors (Lipinski definition) is 5. The molecule has 0 fully saturated rings. The first kappa shape index (κ1) is 16.5. The molecule has 0 unspecified atom stereocenters. The Morgan fingerprint density at radius 3 is 2.79 bits per heavy atom. The molecule has 0 aliphatic heterocycles. The van der Waals surface area contributed by atoms with Gasteiger partial charge >= 0.3 is 0 Å². The number of nitrogens with zero attached hydrogens (tertiary/aromatic N) is 2. The summed E-state index contributed by atoms with van der Waals surface area (Å²) in [7, 11) is -1.83. The molecule has 0 atom stereocenters. The van der Waals surface area contributed by atoms with Crippen LogP contribution in [-0.2, 0) is 16.8 Å². The van der Waals surface area contributed by atoms with Crippen molar-refractivity contribution < 1.29 is 8.42 Å². The average molecular weight is 306 g/mol. The van der Waals surface area contributed by atoms with Crippen LogP contribution in [0.1, 0.15) is 26.0 Å². The Morgan fingerprint density at radius 1 is 1.47 bits per heavy atom. The Morgan fingerprint density at radius 2 is 2.21 bits per heavy atom. The maximum atomic E-state index is 11.9. The van der Waals surface area contributed by atoms with Crippen LogP contribution in [0.15, 0.2) is 10.9 Å². The van der Waals surface area contributed by atoms with E-state index in [0.717, 1.165) is 18.7 Å². The quantitative estimate of drug-likeness (QED) is 0.662. The van der Waals surface area contributed by atoms with Crippen LogP contribution >= 0.6 is 11.3 Å². The molecule has 0 saturated heterocycles. The van der Waals surface area contributed by atoms with Gasteiger partial charge in [0.2, 0.25) is 0 Å². The average Bonchev–Trinajstić information content (AvgIpc) is 2.84. The van der Waals surface area contributed by atoms with Crippen LogP contribution in [0.4, 0.5) is 0 Å². The molecule has 1 aromatic heterocycles. The van der Waals surface area contributed by atoms with Gasteiger partial charge in [0, 0.05) is 25.0 Å². The van der Waals surface area contributed by atoms with Crippen molar-refractivity contribution in [1.82, 2.24) is 19.3 Å². The lowest BCUT2D eigenvalue weighted by Gasteiger charge is -2.17. The molecular weight excluding hydrogens is 284 g/mol. The SMILES string of the molecule is CC(C)NCCCN(C)S(=O)(=O)NCc1cscn1. The summed E-state index contributed by atoms with van der Waals surface area (Å²) in [5, 5.41) is 5.08. The molecule has 19 heavy (non-hydrogen) atoms. The molecule has 8 heteroatoms. The summed E-state index contributed by atoms with van der Waals surface area (Å²) < 4.78 is 27.7. The van der Waals surface area contributed by atoms with Gasteiger partial charge in [-0.3, -0.25) is 0 Å². The number of rotatable bonds is 9. The fourth-order valence-corrected chi connectivity index (χ4v) is 2.89. The Hall–Kier alpha value is -0.540. The molecule has 0 aliphatic rings. The Balaban J connectivity index is 2.30. The van der Waals surface area contributed by atoms with E-state index in [4.69, 9.17) is 0 Å². The molecule has 0 radical (unpaired) electrons. The highest BCUT2D eigenvalue weighted by molar-refractivity contribution is 7.87. The van der Waals surface area contributed by atoms with E-state index in [1.54, 1.807) is 12.6 Å². The van der Waals surface area contributed by atoms with Crippen LogP contribution in [0.5, 0.6) is 0 Å². The van der Waals surface area contributed by atoms with E-state index in [2.05, 4.69) is 28.9 Å². The number of nitrogens with one attached hydrogen (secondary N) is 2. The molecule has 1 heterocycles. The summed E-state index contributed by atoms with van der Waals surface area (Å²) in [5.74, 6) is 0. The molecule has 0 saturated carbocycles. The molecule has 1 rings (SSSR count). The monoisotopic (exact) mass is 306 g/mol. The maximum absolute atomic E-state index is 11.9. The van der Waals surface area contributed by atoms with Gasteiger partial charge in [0.15, 0.2) is 0 Å². The van der Waals surface area contributed by atoms with Crippen molar-refractivity contribution in [2.24, 2.45) is 0 Å². The number of thiazole rings is 1. The van der Waals surface area contributed by atoms with Gasteiger partial charge in [0.05, 0.1) is 17.7 Å². The Bertz CT molecular complexity index is 445. The van der Waals surface area contributed by atoms with Gasteiger partial charge in [-0.2, -0.15) is 17.4 Å². The topological polar surface area (TPSA) is 74.3 Å². The molecule has 1 aromatic rings. The first-order chi connectivity index (χ1) is 8.92. The molecule has 0 aliphatic carbocycles. The van der Waals surface area contributed by atoms with E-state index in [9.17, 15) is 8.42 Å². The Kier molecular flexibility index (Phi) is 6.87. The van der Waals surface area contributed by atoms with Crippen molar-refractivity contribution >= 4 is 21.5 Å². The summed E-state index contributed by atoms with van der Waals surface area (Å²) >= 11 is 1.45. The minimum Gasteiger partial charge on any atom is -0.314 e. The van der Waals surface area contributed by atoms with Gasteiger partial charge < -0.3 is 5.32 Å². The van der Waals surface area contributed by atoms with Gasteiger partial charge in [0.25, 0.3) is 10.2 Å². The van der Waals surface area contributed by atoms with E-state index >= 15 is 0 Å². The zero-order valence-corrected chi connectivity index (χ0v) is 13.2. The third-order valence-corrected chi connectivity index (χ3v) is 4.68. The van der Waals surface area contributed by atoms with Gasteiger partial charge in [-0.15, -0.1) is 11.3 Å². The second-order valence-electron chi connectivity index (χ2n) is 4.59. The van der Waals surface area contributed by atoms with E-state index in [-0.39, 0.29) is 6.54 Å². The van der Waals surface area contributed by atoms with E-state index in [1.165, 1.54) is 15.6 Å². The van der Waals surface area contributed by atoms with Gasteiger partial charge in [-0.25, -0.2) is 4.98 Å². The van der Waals surface area contributed by atoms with Gasteiger partial charge in [-0.1, -0.05) is 13.8 Å². The second-order valence-corrected chi connectivity index (χ2v) is 7.17. The molecule has 2 N–H and O–H groups in total. The van der Waals surface area contributed by atoms with Crippen molar-refractivity contribution in [3.63, 3.8) is 0 Å². The normalized spacial score (nSPS) is 12.5. The molecule has 0 bridgehead atoms. The Labute approximate surface area is 119 Å². The molecule has 0 spiro atoms. The first-order valence-electron chi connectivity index (χ1n) is 6.23. The zero-order chi connectivity index (χ0) is 14.3. The van der Waals surface area contributed by atoms with Crippen LogP contribution in [0.25, 0.3) is 0 Å². The first-order valence-corrected chi connectivity index (χ1v) is 8.61. The highest BCUT2D eigenvalue weighted by Gasteiger charge is 2.16. The van der Waals surface area contributed by atoms with E-state index in [0.29, 0.717) is 12.6 Å². The van der Waals surface area contributed by atoms with Crippen molar-refractivity contribution in [2.45, 2.75) is 32.9 Å². The number of hydrogen-bond donors (Lipinski definition) is 2. The number of aromatic nitrogens is 1. The highest BCUT2D eigenvalue weighted by Crippen LogP contribution is 2.02. The maximum Gasteiger partial charge on any atom is 0.279 e. The summed E-state index contributed by atoms with van der Waals surface area (Å²) in [6, 6.07) is 0.421. The van der Waals surface area contributed by atoms with Gasteiger partial charge in [0.1, 0.15) is 0 Å². The fourth-order valence-electron chi connectivity index (χ4n) is 1.41. The van der Waals surface area contributed by atoms with Crippen LogP contribution in [0.3, 0.4) is 0 Å². The lowest BCUT2D eigenvalue weighted by Crippen LogP contribution is -2.39. The minimum atomic E-state index is -3.42. The molecule has 6 nitrogen and oxygen atoms in total. The van der Waals surface area contributed by atoms with Crippen LogP contribution in [0, 0.1) is 0 Å². The highest BCUT2D eigenvalue weighted by atomic mass is 32.2. The third-order valence-electron chi connectivity index (χ3n) is 2.53. The van der Waals surface area contributed by atoms with E-state index in [1.807, 2.05) is 5.38 Å². The minimum absolute atomic E-state index is 0.237. The summed E-state index contributed by atoms with van der Waals surface area (Å²) in [5.41, 5.74) is 2.42. The smallest absolute Gasteiger partial charge is 0.279 e. The largest absolute Gasteiger partial charge is 0.314 e. The molecule has 0 aromatic carbocycles. The van der Waals surface area contributed by atoms with Crippen LogP contribution in [-0.4, -0.2) is 43.9 Å². The van der Waals surface area contributed by atoms with Crippen molar-refractivity contribution in [1.29, 1.82) is 0 Å². The predicted molar refractivity (Wildman–Crippen MR) is 78.3 cm³/mol. The van der Waals surface area contributed by atoms with Crippen molar-refractivity contribution in [3.8, 4) is 0 Å².